The fourth-order valence-corrected chi connectivity index (χ4v) is 4.87. The van der Waals surface area contributed by atoms with Crippen LogP contribution in [0.25, 0.3) is 0 Å². The zero-order valence-corrected chi connectivity index (χ0v) is 19.3. The van der Waals surface area contributed by atoms with Crippen molar-refractivity contribution < 1.29 is 0 Å². The monoisotopic (exact) mass is 400 g/mol. The molecule has 1 aliphatic rings. The fourth-order valence-electron chi connectivity index (χ4n) is 4.87. The van der Waals surface area contributed by atoms with Crippen molar-refractivity contribution in [2.75, 3.05) is 22.9 Å². The molecule has 0 fully saturated rings. The molecule has 1 aliphatic heterocycles. The molecule has 156 valence electrons. The molecule has 0 saturated carbocycles. The number of aromatic nitrogens is 2. The third-order valence-electron chi connectivity index (χ3n) is 6.13. The summed E-state index contributed by atoms with van der Waals surface area (Å²) in [4.78, 5) is 14.7. The van der Waals surface area contributed by atoms with Crippen LogP contribution in [-0.2, 0) is 6.42 Å². The Kier molecular flexibility index (Phi) is 5.27. The van der Waals surface area contributed by atoms with Crippen molar-refractivity contribution in [1.29, 1.82) is 0 Å². The van der Waals surface area contributed by atoms with Crippen molar-refractivity contribution in [2.24, 2.45) is 0 Å². The number of hydrogen-bond acceptors (Lipinski definition) is 4. The van der Waals surface area contributed by atoms with E-state index in [0.29, 0.717) is 0 Å². The minimum Gasteiger partial charge on any atom is -0.325 e. The van der Waals surface area contributed by atoms with Gasteiger partial charge in [0.1, 0.15) is 5.82 Å². The van der Waals surface area contributed by atoms with Crippen LogP contribution in [0.15, 0.2) is 30.3 Å². The lowest BCUT2D eigenvalue weighted by Crippen LogP contribution is -2.23. The number of anilines is 4. The maximum atomic E-state index is 5.13. The molecule has 0 atom stereocenters. The average molecular weight is 401 g/mol. The van der Waals surface area contributed by atoms with Gasteiger partial charge in [0.2, 0.25) is 5.95 Å². The van der Waals surface area contributed by atoms with Crippen LogP contribution in [-0.4, -0.2) is 23.1 Å². The second kappa shape index (κ2) is 7.75. The minimum absolute atomic E-state index is 0.792. The first-order valence-corrected chi connectivity index (χ1v) is 10.9. The highest BCUT2D eigenvalue weighted by atomic mass is 15.3. The van der Waals surface area contributed by atoms with E-state index in [4.69, 9.17) is 9.97 Å². The van der Waals surface area contributed by atoms with E-state index in [0.717, 1.165) is 37.0 Å². The Hall–Kier alpha value is -2.88. The Morgan fingerprint density at radius 1 is 0.867 bits per heavy atom. The van der Waals surface area contributed by atoms with E-state index >= 15 is 0 Å². The van der Waals surface area contributed by atoms with Gasteiger partial charge in [-0.25, -0.2) is 4.98 Å². The largest absolute Gasteiger partial charge is 0.325 e. The van der Waals surface area contributed by atoms with Crippen LogP contribution in [0.1, 0.15) is 46.0 Å². The van der Waals surface area contributed by atoms with Crippen LogP contribution >= 0.6 is 0 Å². The lowest BCUT2D eigenvalue weighted by atomic mass is 10.0. The molecule has 2 heterocycles. The SMILES string of the molecule is CCN(c1nc(C)c2c(n1)N(c1ccc(C)cc1C)CC2)c1c(C)cc(C)cc1C. The molecule has 0 bridgehead atoms. The molecule has 0 unspecified atom stereocenters. The molecule has 4 rings (SSSR count). The van der Waals surface area contributed by atoms with Crippen LogP contribution < -0.4 is 9.80 Å². The normalized spacial score (nSPS) is 13.0. The lowest BCUT2D eigenvalue weighted by molar-refractivity contribution is 0.917. The average Bonchev–Trinajstić information content (AvgIpc) is 3.09. The first-order chi connectivity index (χ1) is 14.3. The van der Waals surface area contributed by atoms with E-state index < -0.39 is 0 Å². The van der Waals surface area contributed by atoms with E-state index in [9.17, 15) is 0 Å². The Labute approximate surface area is 180 Å². The summed E-state index contributed by atoms with van der Waals surface area (Å²) in [6.45, 7) is 16.9. The van der Waals surface area contributed by atoms with Crippen molar-refractivity contribution in [1.82, 2.24) is 9.97 Å². The summed E-state index contributed by atoms with van der Waals surface area (Å²) in [6.07, 6.45) is 0.990. The highest BCUT2D eigenvalue weighted by Crippen LogP contribution is 2.39. The molecule has 0 N–H and O–H groups in total. The predicted octanol–water partition coefficient (Wildman–Crippen LogP) is 6.18. The Morgan fingerprint density at radius 3 is 2.17 bits per heavy atom. The quantitative estimate of drug-likeness (QED) is 0.523. The van der Waals surface area contributed by atoms with Gasteiger partial charge in [-0.05, 0) is 77.6 Å². The van der Waals surface area contributed by atoms with Crippen molar-refractivity contribution in [2.45, 2.75) is 54.9 Å². The van der Waals surface area contributed by atoms with E-state index in [1.807, 2.05) is 0 Å². The van der Waals surface area contributed by atoms with Crippen molar-refractivity contribution >= 4 is 23.1 Å². The molecule has 0 radical (unpaired) electrons. The molecule has 0 spiro atoms. The topological polar surface area (TPSA) is 32.3 Å². The molecule has 0 saturated heterocycles. The Balaban J connectivity index is 1.83. The van der Waals surface area contributed by atoms with Crippen molar-refractivity contribution in [3.63, 3.8) is 0 Å². The third-order valence-corrected chi connectivity index (χ3v) is 6.13. The number of hydrogen-bond donors (Lipinski definition) is 0. The highest BCUT2D eigenvalue weighted by Gasteiger charge is 2.28. The fraction of sp³-hybridized carbons (Fsp3) is 0.385. The Bertz CT molecular complexity index is 1090. The molecular formula is C26H32N4. The number of fused-ring (bicyclic) bond motifs is 1. The molecule has 4 nitrogen and oxygen atoms in total. The van der Waals surface area contributed by atoms with Gasteiger partial charge in [-0.1, -0.05) is 35.4 Å². The lowest BCUT2D eigenvalue weighted by Gasteiger charge is -2.27. The molecule has 2 aromatic carbocycles. The molecule has 4 heteroatoms. The first-order valence-electron chi connectivity index (χ1n) is 10.9. The summed E-state index contributed by atoms with van der Waals surface area (Å²) in [5.41, 5.74) is 11.2. The summed E-state index contributed by atoms with van der Waals surface area (Å²) >= 11 is 0. The maximum Gasteiger partial charge on any atom is 0.232 e. The van der Waals surface area contributed by atoms with Gasteiger partial charge in [0.25, 0.3) is 0 Å². The van der Waals surface area contributed by atoms with Crippen LogP contribution in [0.4, 0.5) is 23.1 Å². The summed E-state index contributed by atoms with van der Waals surface area (Å²) < 4.78 is 0. The van der Waals surface area contributed by atoms with Gasteiger partial charge < -0.3 is 9.80 Å². The smallest absolute Gasteiger partial charge is 0.232 e. The zero-order valence-electron chi connectivity index (χ0n) is 19.3. The van der Waals surface area contributed by atoms with Gasteiger partial charge in [0.15, 0.2) is 0 Å². The maximum absolute atomic E-state index is 5.13. The van der Waals surface area contributed by atoms with Crippen LogP contribution in [0.2, 0.25) is 0 Å². The van der Waals surface area contributed by atoms with Crippen molar-refractivity contribution in [3.05, 3.63) is 69.4 Å². The van der Waals surface area contributed by atoms with E-state index in [-0.39, 0.29) is 0 Å². The number of rotatable bonds is 4. The minimum atomic E-state index is 0.792. The van der Waals surface area contributed by atoms with E-state index in [1.165, 1.54) is 44.8 Å². The van der Waals surface area contributed by atoms with Gasteiger partial charge in [-0.3, -0.25) is 0 Å². The molecule has 0 aliphatic carbocycles. The predicted molar refractivity (Wildman–Crippen MR) is 127 cm³/mol. The summed E-state index contributed by atoms with van der Waals surface area (Å²) in [5.74, 6) is 1.85. The van der Waals surface area contributed by atoms with Gasteiger partial charge >= 0.3 is 0 Å². The molecule has 3 aromatic rings. The zero-order chi connectivity index (χ0) is 21.6. The molecular weight excluding hydrogens is 368 g/mol. The molecule has 30 heavy (non-hydrogen) atoms. The summed E-state index contributed by atoms with van der Waals surface area (Å²) in [6, 6.07) is 11.1. The van der Waals surface area contributed by atoms with Gasteiger partial charge in [0, 0.05) is 35.7 Å². The number of benzene rings is 2. The molecule has 1 aromatic heterocycles. The second-order valence-corrected chi connectivity index (χ2v) is 8.59. The number of nitrogens with zero attached hydrogens (tertiary/aromatic N) is 4. The van der Waals surface area contributed by atoms with Gasteiger partial charge in [0.05, 0.1) is 0 Å². The highest BCUT2D eigenvalue weighted by molar-refractivity contribution is 5.73. The van der Waals surface area contributed by atoms with E-state index in [2.05, 4.69) is 88.6 Å². The van der Waals surface area contributed by atoms with Crippen LogP contribution in [0.3, 0.4) is 0 Å². The van der Waals surface area contributed by atoms with Crippen LogP contribution in [0.5, 0.6) is 0 Å². The van der Waals surface area contributed by atoms with Crippen molar-refractivity contribution in [3.8, 4) is 0 Å². The first kappa shape index (κ1) is 20.4. The standard InChI is InChI=1S/C26H32N4/c1-8-29(24-19(5)14-17(3)15-20(24)6)26-27-21(7)22-11-12-30(25(22)28-26)23-10-9-16(2)13-18(23)4/h9-10,13-15H,8,11-12H2,1-7H3. The second-order valence-electron chi connectivity index (χ2n) is 8.59. The van der Waals surface area contributed by atoms with Gasteiger partial charge in [-0.15, -0.1) is 0 Å². The van der Waals surface area contributed by atoms with Gasteiger partial charge in [-0.2, -0.15) is 4.98 Å². The van der Waals surface area contributed by atoms with Crippen LogP contribution in [0, 0.1) is 41.5 Å². The number of aryl methyl sites for hydroxylation is 6. The third kappa shape index (κ3) is 3.45. The summed E-state index contributed by atoms with van der Waals surface area (Å²) in [5, 5.41) is 0. The van der Waals surface area contributed by atoms with E-state index in [1.54, 1.807) is 0 Å². The molecule has 0 amide bonds. The Morgan fingerprint density at radius 2 is 1.53 bits per heavy atom. The summed E-state index contributed by atoms with van der Waals surface area (Å²) in [7, 11) is 0.